The van der Waals surface area contributed by atoms with Crippen molar-refractivity contribution in [3.8, 4) is 0 Å². The molecule has 0 aromatic carbocycles. The summed E-state index contributed by atoms with van der Waals surface area (Å²) in [6, 6.07) is 2.98. The maximum absolute atomic E-state index is 12.0. The van der Waals surface area contributed by atoms with Crippen LogP contribution in [0.25, 0.3) is 0 Å². The highest BCUT2D eigenvalue weighted by Gasteiger charge is 2.46. The standard InChI is InChI=1S/C12H14N4O2/c1-3-12(2)10(17)16(11(18)15-12)14-8-9-4-6-13-7-5-9/h4-8H,3H2,1-2H3,(H,15,18)/b14-8-/t12-/m0/s1. The molecule has 1 atom stereocenters. The molecule has 1 aliphatic heterocycles. The first kappa shape index (κ1) is 12.2. The summed E-state index contributed by atoms with van der Waals surface area (Å²) in [4.78, 5) is 27.5. The van der Waals surface area contributed by atoms with Crippen LogP contribution >= 0.6 is 0 Å². The third kappa shape index (κ3) is 2.09. The minimum atomic E-state index is -0.854. The summed E-state index contributed by atoms with van der Waals surface area (Å²) in [5, 5.41) is 7.41. The van der Waals surface area contributed by atoms with Gasteiger partial charge in [-0.2, -0.15) is 5.10 Å². The van der Waals surface area contributed by atoms with Crippen LogP contribution in [0.4, 0.5) is 4.79 Å². The number of aromatic nitrogens is 1. The zero-order valence-corrected chi connectivity index (χ0v) is 10.3. The number of nitrogens with zero attached hydrogens (tertiary/aromatic N) is 3. The molecule has 1 N–H and O–H groups in total. The van der Waals surface area contributed by atoms with Crippen LogP contribution < -0.4 is 5.32 Å². The van der Waals surface area contributed by atoms with Gasteiger partial charge in [0.2, 0.25) is 0 Å². The van der Waals surface area contributed by atoms with Crippen molar-refractivity contribution in [2.75, 3.05) is 0 Å². The molecular weight excluding hydrogens is 232 g/mol. The predicted octanol–water partition coefficient (Wildman–Crippen LogP) is 1.14. The number of imide groups is 1. The summed E-state index contributed by atoms with van der Waals surface area (Å²) in [5.74, 6) is -0.333. The van der Waals surface area contributed by atoms with E-state index >= 15 is 0 Å². The third-order valence-corrected chi connectivity index (χ3v) is 2.98. The predicted molar refractivity (Wildman–Crippen MR) is 65.9 cm³/mol. The molecule has 1 aromatic rings. The van der Waals surface area contributed by atoms with Crippen LogP contribution in [-0.2, 0) is 4.79 Å². The Balaban J connectivity index is 2.18. The number of pyridine rings is 1. The number of carbonyl (C=O) groups excluding carboxylic acids is 2. The van der Waals surface area contributed by atoms with E-state index in [1.54, 1.807) is 31.5 Å². The molecule has 1 fully saturated rings. The summed E-state index contributed by atoms with van der Waals surface area (Å²) >= 11 is 0. The molecule has 0 spiro atoms. The number of hydrogen-bond acceptors (Lipinski definition) is 4. The van der Waals surface area contributed by atoms with Gasteiger partial charge in [-0.25, -0.2) is 4.79 Å². The van der Waals surface area contributed by atoms with Crippen LogP contribution in [-0.4, -0.2) is 33.7 Å². The second-order valence-electron chi connectivity index (χ2n) is 4.26. The summed E-state index contributed by atoms with van der Waals surface area (Å²) in [5.41, 5.74) is -0.0807. The molecule has 6 nitrogen and oxygen atoms in total. The molecule has 0 unspecified atom stereocenters. The van der Waals surface area contributed by atoms with E-state index in [9.17, 15) is 9.59 Å². The molecular formula is C12H14N4O2. The molecule has 2 heterocycles. The van der Waals surface area contributed by atoms with Crippen LogP contribution in [0.5, 0.6) is 0 Å². The SMILES string of the molecule is CC[C@]1(C)NC(=O)N(/N=C\c2ccncc2)C1=O. The van der Waals surface area contributed by atoms with E-state index in [-0.39, 0.29) is 5.91 Å². The van der Waals surface area contributed by atoms with Crippen molar-refractivity contribution in [2.24, 2.45) is 5.10 Å². The van der Waals surface area contributed by atoms with Crippen molar-refractivity contribution in [1.29, 1.82) is 0 Å². The largest absolute Gasteiger partial charge is 0.346 e. The Labute approximate surface area is 105 Å². The van der Waals surface area contributed by atoms with Crippen molar-refractivity contribution in [1.82, 2.24) is 15.3 Å². The highest BCUT2D eigenvalue weighted by atomic mass is 16.2. The van der Waals surface area contributed by atoms with Crippen LogP contribution in [0.2, 0.25) is 0 Å². The number of nitrogens with one attached hydrogen (secondary N) is 1. The van der Waals surface area contributed by atoms with E-state index in [1.165, 1.54) is 6.21 Å². The highest BCUT2D eigenvalue weighted by Crippen LogP contribution is 2.20. The van der Waals surface area contributed by atoms with Crippen LogP contribution in [0.1, 0.15) is 25.8 Å². The maximum Gasteiger partial charge on any atom is 0.346 e. The first-order valence-electron chi connectivity index (χ1n) is 5.67. The Morgan fingerprint density at radius 2 is 2.11 bits per heavy atom. The molecule has 2 rings (SSSR count). The van der Waals surface area contributed by atoms with Gasteiger partial charge in [0.25, 0.3) is 5.91 Å². The van der Waals surface area contributed by atoms with Gasteiger partial charge in [0.15, 0.2) is 0 Å². The molecule has 0 saturated carbocycles. The smallest absolute Gasteiger partial charge is 0.322 e. The van der Waals surface area contributed by atoms with Crippen LogP contribution in [0.3, 0.4) is 0 Å². The Morgan fingerprint density at radius 1 is 1.44 bits per heavy atom. The molecule has 94 valence electrons. The molecule has 6 heteroatoms. The average Bonchev–Trinajstić information content (AvgIpc) is 2.60. The minimum Gasteiger partial charge on any atom is -0.322 e. The topological polar surface area (TPSA) is 74.7 Å². The first-order valence-corrected chi connectivity index (χ1v) is 5.67. The zero-order chi connectivity index (χ0) is 13.2. The molecule has 18 heavy (non-hydrogen) atoms. The highest BCUT2D eigenvalue weighted by molar-refractivity contribution is 6.07. The van der Waals surface area contributed by atoms with Crippen molar-refractivity contribution in [3.05, 3.63) is 30.1 Å². The lowest BCUT2D eigenvalue weighted by atomic mass is 10.00. The Morgan fingerprint density at radius 3 is 2.67 bits per heavy atom. The van der Waals surface area contributed by atoms with E-state index < -0.39 is 11.6 Å². The lowest BCUT2D eigenvalue weighted by molar-refractivity contribution is -0.130. The van der Waals surface area contributed by atoms with Gasteiger partial charge in [-0.15, -0.1) is 5.01 Å². The fourth-order valence-corrected chi connectivity index (χ4v) is 1.59. The summed E-state index contributed by atoms with van der Waals surface area (Å²) in [6.45, 7) is 3.53. The van der Waals surface area contributed by atoms with Crippen molar-refractivity contribution in [2.45, 2.75) is 25.8 Å². The van der Waals surface area contributed by atoms with Gasteiger partial charge in [0, 0.05) is 12.4 Å². The molecule has 1 aromatic heterocycles. The molecule has 3 amide bonds. The van der Waals surface area contributed by atoms with E-state index in [0.29, 0.717) is 6.42 Å². The van der Waals surface area contributed by atoms with Crippen molar-refractivity contribution < 1.29 is 9.59 Å². The van der Waals surface area contributed by atoms with Crippen LogP contribution in [0, 0.1) is 0 Å². The fourth-order valence-electron chi connectivity index (χ4n) is 1.59. The average molecular weight is 246 g/mol. The lowest BCUT2D eigenvalue weighted by Crippen LogP contribution is -2.42. The number of carbonyl (C=O) groups is 2. The summed E-state index contributed by atoms with van der Waals surface area (Å²) in [6.07, 6.45) is 5.21. The Hall–Kier alpha value is -2.24. The van der Waals surface area contributed by atoms with Gasteiger partial charge in [-0.05, 0) is 31.0 Å². The number of urea groups is 1. The zero-order valence-electron chi connectivity index (χ0n) is 10.3. The Bertz CT molecular complexity index is 500. The quantitative estimate of drug-likeness (QED) is 0.641. The molecule has 0 aliphatic carbocycles. The van der Waals surface area contributed by atoms with Gasteiger partial charge in [0.1, 0.15) is 5.54 Å². The third-order valence-electron chi connectivity index (χ3n) is 2.98. The van der Waals surface area contributed by atoms with Gasteiger partial charge in [-0.1, -0.05) is 6.92 Å². The second-order valence-corrected chi connectivity index (χ2v) is 4.26. The monoisotopic (exact) mass is 246 g/mol. The number of hydrogen-bond donors (Lipinski definition) is 1. The summed E-state index contributed by atoms with van der Waals surface area (Å²) in [7, 11) is 0. The van der Waals surface area contributed by atoms with Crippen LogP contribution in [0.15, 0.2) is 29.6 Å². The molecule has 0 bridgehead atoms. The van der Waals surface area contributed by atoms with E-state index in [0.717, 1.165) is 10.6 Å². The normalized spacial score (nSPS) is 23.8. The maximum atomic E-state index is 12.0. The number of rotatable bonds is 3. The summed E-state index contributed by atoms with van der Waals surface area (Å²) < 4.78 is 0. The minimum absolute atomic E-state index is 0.333. The van der Waals surface area contributed by atoms with Crippen molar-refractivity contribution in [3.63, 3.8) is 0 Å². The van der Waals surface area contributed by atoms with E-state index in [2.05, 4.69) is 15.4 Å². The molecule has 0 radical (unpaired) electrons. The van der Waals surface area contributed by atoms with Gasteiger partial charge >= 0.3 is 6.03 Å². The second kappa shape index (κ2) is 4.56. The van der Waals surface area contributed by atoms with E-state index in [4.69, 9.17) is 0 Å². The van der Waals surface area contributed by atoms with Gasteiger partial charge in [0.05, 0.1) is 6.21 Å². The Kier molecular flexibility index (Phi) is 3.10. The number of hydrazone groups is 1. The van der Waals surface area contributed by atoms with Gasteiger partial charge in [-0.3, -0.25) is 9.78 Å². The van der Waals surface area contributed by atoms with Crippen molar-refractivity contribution >= 4 is 18.2 Å². The molecule has 1 saturated heterocycles. The lowest BCUT2D eigenvalue weighted by Gasteiger charge is -2.17. The first-order chi connectivity index (χ1) is 8.57. The van der Waals surface area contributed by atoms with Gasteiger partial charge < -0.3 is 5.32 Å². The molecule has 1 aliphatic rings. The fraction of sp³-hybridized carbons (Fsp3) is 0.333. The number of amides is 3. The van der Waals surface area contributed by atoms with E-state index in [1.807, 2.05) is 6.92 Å².